The van der Waals surface area contributed by atoms with Crippen molar-refractivity contribution < 1.29 is 4.55 Å². The number of hydrogen-bond donors (Lipinski definition) is 3. The van der Waals surface area contributed by atoms with Gasteiger partial charge in [-0.15, -0.1) is 0 Å². The fourth-order valence-electron chi connectivity index (χ4n) is 5.54. The van der Waals surface area contributed by atoms with Crippen LogP contribution in [0.25, 0.3) is 6.08 Å². The Morgan fingerprint density at radius 1 is 1.11 bits per heavy atom. The lowest BCUT2D eigenvalue weighted by atomic mass is 9.92. The van der Waals surface area contributed by atoms with Crippen LogP contribution in [-0.2, 0) is 12.8 Å². The molecule has 1 aromatic carbocycles. The highest BCUT2D eigenvalue weighted by Crippen LogP contribution is 2.48. The van der Waals surface area contributed by atoms with Gasteiger partial charge in [0, 0.05) is 63.0 Å². The molecule has 1 atom stereocenters. The summed E-state index contributed by atoms with van der Waals surface area (Å²) in [4.78, 5) is 10.5. The third kappa shape index (κ3) is 6.54. The van der Waals surface area contributed by atoms with Crippen LogP contribution >= 0.6 is 10.5 Å². The summed E-state index contributed by atoms with van der Waals surface area (Å²) in [5, 5.41) is 3.59. The number of aromatic nitrogens is 1. The molecule has 1 unspecified atom stereocenters. The maximum absolute atomic E-state index is 10.4. The van der Waals surface area contributed by atoms with E-state index in [4.69, 9.17) is 4.98 Å². The van der Waals surface area contributed by atoms with E-state index in [1.807, 2.05) is 23.9 Å². The van der Waals surface area contributed by atoms with E-state index < -0.39 is 10.5 Å². The maximum Gasteiger partial charge on any atom is 0.133 e. The number of anilines is 2. The van der Waals surface area contributed by atoms with E-state index in [2.05, 4.69) is 65.5 Å². The van der Waals surface area contributed by atoms with Crippen LogP contribution in [0.15, 0.2) is 30.3 Å². The molecule has 2 aliphatic heterocycles. The van der Waals surface area contributed by atoms with Gasteiger partial charge in [-0.1, -0.05) is 35.6 Å². The predicted octanol–water partition coefficient (Wildman–Crippen LogP) is 5.61. The van der Waals surface area contributed by atoms with E-state index in [9.17, 15) is 4.55 Å². The highest BCUT2D eigenvalue weighted by molar-refractivity contribution is 8.29. The second kappa shape index (κ2) is 12.0. The third-order valence-corrected chi connectivity index (χ3v) is 9.66. The molecule has 2 saturated heterocycles. The molecular weight excluding hydrogens is 492 g/mol. The van der Waals surface area contributed by atoms with Gasteiger partial charge in [0.25, 0.3) is 0 Å². The van der Waals surface area contributed by atoms with Crippen LogP contribution in [0, 0.1) is 0 Å². The zero-order valence-electron chi connectivity index (χ0n) is 24.0. The molecule has 7 nitrogen and oxygen atoms in total. The maximum atomic E-state index is 10.4. The fourth-order valence-corrected chi connectivity index (χ4v) is 6.17. The van der Waals surface area contributed by atoms with Crippen LogP contribution in [0.5, 0.6) is 0 Å². The van der Waals surface area contributed by atoms with Gasteiger partial charge in [-0.3, -0.25) is 0 Å². The van der Waals surface area contributed by atoms with Gasteiger partial charge in [-0.25, -0.2) is 4.98 Å². The molecule has 1 aromatic heterocycles. The van der Waals surface area contributed by atoms with Gasteiger partial charge in [0.1, 0.15) is 5.82 Å². The Morgan fingerprint density at radius 2 is 1.82 bits per heavy atom. The highest BCUT2D eigenvalue weighted by Gasteiger charge is 2.37. The van der Waals surface area contributed by atoms with Crippen LogP contribution in [0.1, 0.15) is 66.1 Å². The van der Waals surface area contributed by atoms with Crippen molar-refractivity contribution in [1.82, 2.24) is 21.4 Å². The number of likely N-dealkylation sites (N-methyl/N-ethyl adjacent to an activating group) is 1. The van der Waals surface area contributed by atoms with E-state index in [0.29, 0.717) is 12.0 Å². The number of nitrogens with one attached hydrogen (secondary N) is 1. The lowest BCUT2D eigenvalue weighted by Crippen LogP contribution is -2.31. The summed E-state index contributed by atoms with van der Waals surface area (Å²) in [5.74, 6) is 1.96. The molecule has 0 spiro atoms. The van der Waals surface area contributed by atoms with Crippen molar-refractivity contribution in [2.75, 3.05) is 68.5 Å². The summed E-state index contributed by atoms with van der Waals surface area (Å²) in [6.45, 7) is 7.81. The molecule has 0 radical (unpaired) electrons. The molecule has 3 heterocycles. The molecule has 8 heteroatoms. The Kier molecular flexibility index (Phi) is 9.10. The van der Waals surface area contributed by atoms with Crippen LogP contribution in [0.2, 0.25) is 0 Å². The molecular formula is C30H48N6OS. The van der Waals surface area contributed by atoms with Gasteiger partial charge in [0.2, 0.25) is 0 Å². The monoisotopic (exact) mass is 540 g/mol. The molecule has 1 aliphatic carbocycles. The van der Waals surface area contributed by atoms with Crippen molar-refractivity contribution in [3.8, 4) is 0 Å². The van der Waals surface area contributed by atoms with Crippen LogP contribution in [-0.4, -0.2) is 73.8 Å². The first-order valence-electron chi connectivity index (χ1n) is 13.9. The molecule has 5 N–H and O–H groups in total. The van der Waals surface area contributed by atoms with Crippen molar-refractivity contribution >= 4 is 28.1 Å². The molecule has 2 aromatic rings. The normalized spacial score (nSPS) is 20.8. The first kappa shape index (κ1) is 28.9. The second-order valence-electron chi connectivity index (χ2n) is 11.3. The lowest BCUT2D eigenvalue weighted by molar-refractivity contribution is 0.360. The van der Waals surface area contributed by atoms with Crippen molar-refractivity contribution in [3.63, 3.8) is 0 Å². The second-order valence-corrected chi connectivity index (χ2v) is 14.3. The van der Waals surface area contributed by atoms with E-state index >= 15 is 0 Å². The molecule has 38 heavy (non-hydrogen) atoms. The largest absolute Gasteiger partial charge is 0.355 e. The minimum atomic E-state index is -1.76. The van der Waals surface area contributed by atoms with E-state index in [-0.39, 0.29) is 6.15 Å². The van der Waals surface area contributed by atoms with Crippen LogP contribution in [0.3, 0.4) is 0 Å². The van der Waals surface area contributed by atoms with Gasteiger partial charge in [-0.05, 0) is 86.5 Å². The molecule has 0 bridgehead atoms. The van der Waals surface area contributed by atoms with E-state index in [1.165, 1.54) is 42.8 Å². The number of rotatable bonds is 9. The summed E-state index contributed by atoms with van der Waals surface area (Å²) >= 11 is 0. The molecule has 210 valence electrons. The van der Waals surface area contributed by atoms with Crippen molar-refractivity contribution in [3.05, 3.63) is 58.3 Å². The Hall–Kier alpha value is -2.10. The average molecular weight is 541 g/mol. The summed E-state index contributed by atoms with van der Waals surface area (Å²) in [7, 11) is 2.44. The quantitative estimate of drug-likeness (QED) is 0.355. The van der Waals surface area contributed by atoms with Crippen molar-refractivity contribution in [2.45, 2.75) is 51.0 Å². The lowest BCUT2D eigenvalue weighted by Gasteiger charge is -2.36. The Labute approximate surface area is 231 Å². The highest BCUT2D eigenvalue weighted by atomic mass is 32.3. The van der Waals surface area contributed by atoms with E-state index in [1.54, 1.807) is 11.1 Å². The van der Waals surface area contributed by atoms with Gasteiger partial charge >= 0.3 is 0 Å². The first-order chi connectivity index (χ1) is 17.8. The smallest absolute Gasteiger partial charge is 0.133 e. The summed E-state index contributed by atoms with van der Waals surface area (Å²) in [5.41, 5.74) is 8.04. The number of allylic oxidation sites excluding steroid dienone is 1. The third-order valence-electron chi connectivity index (χ3n) is 8.11. The molecule has 1 saturated carbocycles. The van der Waals surface area contributed by atoms with Gasteiger partial charge < -0.3 is 30.1 Å². The minimum Gasteiger partial charge on any atom is -0.355 e. The predicted molar refractivity (Wildman–Crippen MR) is 165 cm³/mol. The number of nitrogens with zero attached hydrogens (tertiary/aromatic N) is 4. The van der Waals surface area contributed by atoms with Gasteiger partial charge in [0.05, 0.1) is 5.69 Å². The van der Waals surface area contributed by atoms with Crippen LogP contribution < -0.4 is 20.7 Å². The molecule has 3 fully saturated rings. The van der Waals surface area contributed by atoms with Gasteiger partial charge in [0.15, 0.2) is 0 Å². The minimum absolute atomic E-state index is 0. The zero-order chi connectivity index (χ0) is 26.2. The van der Waals surface area contributed by atoms with Crippen molar-refractivity contribution in [1.29, 1.82) is 0 Å². The van der Waals surface area contributed by atoms with Crippen LogP contribution in [0.4, 0.5) is 11.5 Å². The summed E-state index contributed by atoms with van der Waals surface area (Å²) in [6, 6.07) is 9.01. The Balaban J connectivity index is 0.00000336. The average Bonchev–Trinajstić information content (AvgIpc) is 3.77. The topological polar surface area (TPSA) is 99.8 Å². The Bertz CT molecular complexity index is 1120. The molecule has 3 aliphatic rings. The number of pyridine rings is 1. The number of hydrogen-bond acceptors (Lipinski definition) is 7. The van der Waals surface area contributed by atoms with Gasteiger partial charge in [-0.2, -0.15) is 0 Å². The fraction of sp³-hybridized carbons (Fsp3) is 0.567. The first-order valence-corrected chi connectivity index (χ1v) is 16.3. The SMILES string of the molecule is CCc1c(C2CC2)c(N2CCCN(C)CC2)nc(/C=C/Cc2ccc(N(C)S(C)(C)O)cc2)c1C1CN1.N. The molecule has 5 rings (SSSR count). The standard InChI is InChI=1S/C30H45N5OS.H3N/c1-6-25-28(23-13-14-23)30(35-18-8-17-33(2)19-20-35)32-26(29(25)27-21-31-27)10-7-9-22-11-15-24(16-12-22)34(3)37(4,5)36;/h7,10-12,15-16,23,27,31,36H,6,8-9,13-14,17-21H2,1-5H3;1H3/b10-7+;. The van der Waals surface area contributed by atoms with Crippen molar-refractivity contribution in [2.24, 2.45) is 0 Å². The van der Waals surface area contributed by atoms with E-state index in [0.717, 1.165) is 50.4 Å². The Morgan fingerprint density at radius 3 is 2.42 bits per heavy atom. The summed E-state index contributed by atoms with van der Waals surface area (Å²) < 4.78 is 12.4. The zero-order valence-corrected chi connectivity index (χ0v) is 24.9. The number of benzene rings is 1. The summed E-state index contributed by atoms with van der Waals surface area (Å²) in [6.07, 6.45) is 14.1. The molecule has 0 amide bonds.